The molecule has 2 amide bonds. The Morgan fingerprint density at radius 2 is 2.18 bits per heavy atom. The second kappa shape index (κ2) is 6.44. The SMILES string of the molecule is C[C@@H](NC(=O)N[C@H]1CCCc2occc21)c1ccccc1Cl. The first-order valence-corrected chi connectivity index (χ1v) is 7.90. The highest BCUT2D eigenvalue weighted by Crippen LogP contribution is 2.30. The van der Waals surface area contributed by atoms with E-state index in [1.165, 1.54) is 0 Å². The monoisotopic (exact) mass is 318 g/mol. The van der Waals surface area contributed by atoms with Gasteiger partial charge in [0.2, 0.25) is 0 Å². The zero-order valence-corrected chi connectivity index (χ0v) is 13.2. The van der Waals surface area contributed by atoms with Gasteiger partial charge >= 0.3 is 6.03 Å². The van der Waals surface area contributed by atoms with Crippen molar-refractivity contribution in [2.45, 2.75) is 38.3 Å². The molecule has 2 N–H and O–H groups in total. The minimum atomic E-state index is -0.188. The normalized spacial score (nSPS) is 18.4. The molecule has 22 heavy (non-hydrogen) atoms. The van der Waals surface area contributed by atoms with E-state index in [0.717, 1.165) is 36.1 Å². The molecule has 1 aromatic carbocycles. The van der Waals surface area contributed by atoms with Crippen molar-refractivity contribution in [2.24, 2.45) is 0 Å². The van der Waals surface area contributed by atoms with E-state index in [1.807, 2.05) is 37.3 Å². The molecule has 1 aliphatic rings. The van der Waals surface area contributed by atoms with E-state index >= 15 is 0 Å². The van der Waals surface area contributed by atoms with Crippen LogP contribution in [-0.4, -0.2) is 6.03 Å². The van der Waals surface area contributed by atoms with Crippen LogP contribution >= 0.6 is 11.6 Å². The van der Waals surface area contributed by atoms with Gasteiger partial charge in [0, 0.05) is 17.0 Å². The summed E-state index contributed by atoms with van der Waals surface area (Å²) >= 11 is 6.16. The minimum absolute atomic E-state index is 0.0148. The molecule has 2 atom stereocenters. The second-order valence-corrected chi connectivity index (χ2v) is 6.01. The van der Waals surface area contributed by atoms with Crippen LogP contribution in [0.25, 0.3) is 0 Å². The molecule has 3 rings (SSSR count). The lowest BCUT2D eigenvalue weighted by Crippen LogP contribution is -2.40. The molecule has 0 bridgehead atoms. The molecule has 5 heteroatoms. The largest absolute Gasteiger partial charge is 0.469 e. The van der Waals surface area contributed by atoms with Crippen molar-refractivity contribution in [1.82, 2.24) is 10.6 Å². The Balaban J connectivity index is 1.63. The molecule has 0 fully saturated rings. The Morgan fingerprint density at radius 3 is 3.00 bits per heavy atom. The maximum absolute atomic E-state index is 12.2. The number of aryl methyl sites for hydroxylation is 1. The first-order valence-electron chi connectivity index (χ1n) is 7.53. The number of benzene rings is 1. The fraction of sp³-hybridized carbons (Fsp3) is 0.353. The smallest absolute Gasteiger partial charge is 0.315 e. The second-order valence-electron chi connectivity index (χ2n) is 5.60. The highest BCUT2D eigenvalue weighted by atomic mass is 35.5. The number of hydrogen-bond acceptors (Lipinski definition) is 2. The third kappa shape index (κ3) is 3.12. The van der Waals surface area contributed by atoms with Gasteiger partial charge in [0.15, 0.2) is 0 Å². The molecule has 1 aliphatic carbocycles. The molecule has 2 aromatic rings. The maximum atomic E-state index is 12.2. The summed E-state index contributed by atoms with van der Waals surface area (Å²) < 4.78 is 5.44. The molecule has 0 saturated carbocycles. The number of carbonyl (C=O) groups is 1. The number of furan rings is 1. The predicted octanol–water partition coefficient (Wildman–Crippen LogP) is 4.37. The summed E-state index contributed by atoms with van der Waals surface area (Å²) in [6.07, 6.45) is 4.58. The predicted molar refractivity (Wildman–Crippen MR) is 85.9 cm³/mol. The van der Waals surface area contributed by atoms with E-state index < -0.39 is 0 Å². The van der Waals surface area contributed by atoms with Crippen LogP contribution in [-0.2, 0) is 6.42 Å². The van der Waals surface area contributed by atoms with Crippen molar-refractivity contribution < 1.29 is 9.21 Å². The number of urea groups is 1. The summed E-state index contributed by atoms with van der Waals surface area (Å²) in [6.45, 7) is 1.92. The lowest BCUT2D eigenvalue weighted by molar-refractivity contribution is 0.232. The van der Waals surface area contributed by atoms with E-state index in [2.05, 4.69) is 10.6 Å². The van der Waals surface area contributed by atoms with Gasteiger partial charge in [-0.1, -0.05) is 29.8 Å². The van der Waals surface area contributed by atoms with E-state index in [4.69, 9.17) is 16.0 Å². The van der Waals surface area contributed by atoms with Crippen molar-refractivity contribution in [1.29, 1.82) is 0 Å². The van der Waals surface area contributed by atoms with Crippen molar-refractivity contribution in [2.75, 3.05) is 0 Å². The molecule has 0 aliphatic heterocycles. The average molecular weight is 319 g/mol. The standard InChI is InChI=1S/C17H19ClN2O2/c1-11(12-5-2-3-6-14(12)18)19-17(21)20-15-7-4-8-16-13(15)9-10-22-16/h2-3,5-6,9-11,15H,4,7-8H2,1H3,(H2,19,20,21)/t11-,15+/m1/s1. The first-order chi connectivity index (χ1) is 10.6. The molecular weight excluding hydrogens is 300 g/mol. The molecule has 4 nitrogen and oxygen atoms in total. The number of carbonyl (C=O) groups excluding carboxylic acids is 1. The summed E-state index contributed by atoms with van der Waals surface area (Å²) in [5, 5.41) is 6.63. The summed E-state index contributed by atoms with van der Waals surface area (Å²) in [6, 6.07) is 9.15. The van der Waals surface area contributed by atoms with E-state index in [-0.39, 0.29) is 18.1 Å². The zero-order chi connectivity index (χ0) is 15.5. The molecule has 116 valence electrons. The Kier molecular flexibility index (Phi) is 4.39. The highest BCUT2D eigenvalue weighted by molar-refractivity contribution is 6.31. The van der Waals surface area contributed by atoms with Crippen molar-refractivity contribution in [3.8, 4) is 0 Å². The molecule has 0 unspecified atom stereocenters. The van der Waals surface area contributed by atoms with Crippen LogP contribution in [0, 0.1) is 0 Å². The van der Waals surface area contributed by atoms with Gasteiger partial charge in [-0.05, 0) is 37.5 Å². The number of halogens is 1. The highest BCUT2D eigenvalue weighted by Gasteiger charge is 2.24. The van der Waals surface area contributed by atoms with E-state index in [0.29, 0.717) is 5.02 Å². The van der Waals surface area contributed by atoms with Gasteiger partial charge in [0.05, 0.1) is 18.3 Å². The van der Waals surface area contributed by atoms with Crippen LogP contribution in [0.15, 0.2) is 41.0 Å². The van der Waals surface area contributed by atoms with Crippen LogP contribution in [0.5, 0.6) is 0 Å². The van der Waals surface area contributed by atoms with Crippen LogP contribution in [0.4, 0.5) is 4.79 Å². The van der Waals surface area contributed by atoms with Crippen LogP contribution in [0.3, 0.4) is 0 Å². The van der Waals surface area contributed by atoms with Crippen molar-refractivity contribution in [3.63, 3.8) is 0 Å². The van der Waals surface area contributed by atoms with E-state index in [9.17, 15) is 4.79 Å². The topological polar surface area (TPSA) is 54.3 Å². The lowest BCUT2D eigenvalue weighted by Gasteiger charge is -2.24. The van der Waals surface area contributed by atoms with Crippen molar-refractivity contribution in [3.05, 3.63) is 58.5 Å². The third-order valence-corrected chi connectivity index (χ3v) is 4.42. The summed E-state index contributed by atoms with van der Waals surface area (Å²) in [7, 11) is 0. The lowest BCUT2D eigenvalue weighted by atomic mass is 9.93. The van der Waals surface area contributed by atoms with Crippen LogP contribution in [0.2, 0.25) is 5.02 Å². The molecular formula is C17H19ClN2O2. The van der Waals surface area contributed by atoms with Crippen molar-refractivity contribution >= 4 is 17.6 Å². The van der Waals surface area contributed by atoms with Gasteiger partial charge in [0.1, 0.15) is 5.76 Å². The van der Waals surface area contributed by atoms with Gasteiger partial charge in [-0.3, -0.25) is 0 Å². The first kappa shape index (κ1) is 15.0. The maximum Gasteiger partial charge on any atom is 0.315 e. The van der Waals surface area contributed by atoms with Gasteiger partial charge in [-0.2, -0.15) is 0 Å². The fourth-order valence-electron chi connectivity index (χ4n) is 2.94. The number of fused-ring (bicyclic) bond motifs is 1. The van der Waals surface area contributed by atoms with Gasteiger partial charge < -0.3 is 15.1 Å². The summed E-state index contributed by atoms with van der Waals surface area (Å²) in [5.74, 6) is 0.982. The molecule has 0 saturated heterocycles. The Bertz CT molecular complexity index is 668. The van der Waals surface area contributed by atoms with Crippen LogP contribution in [0.1, 0.15) is 48.7 Å². The molecule has 1 heterocycles. The zero-order valence-electron chi connectivity index (χ0n) is 12.4. The number of amides is 2. The summed E-state index contributed by atoms with van der Waals surface area (Å²) in [5.41, 5.74) is 2.00. The molecule has 1 aromatic heterocycles. The number of nitrogens with one attached hydrogen (secondary N) is 2. The van der Waals surface area contributed by atoms with E-state index in [1.54, 1.807) is 6.26 Å². The quantitative estimate of drug-likeness (QED) is 0.882. The average Bonchev–Trinajstić information content (AvgIpc) is 2.97. The minimum Gasteiger partial charge on any atom is -0.469 e. The number of hydrogen-bond donors (Lipinski definition) is 2. The Hall–Kier alpha value is -1.94. The number of rotatable bonds is 3. The fourth-order valence-corrected chi connectivity index (χ4v) is 3.24. The van der Waals surface area contributed by atoms with Gasteiger partial charge in [-0.25, -0.2) is 4.79 Å². The third-order valence-electron chi connectivity index (χ3n) is 4.08. The molecule has 0 spiro atoms. The Morgan fingerprint density at radius 1 is 1.36 bits per heavy atom. The van der Waals surface area contributed by atoms with Gasteiger partial charge in [-0.15, -0.1) is 0 Å². The summed E-state index contributed by atoms with van der Waals surface area (Å²) in [4.78, 5) is 12.2. The van der Waals surface area contributed by atoms with Crippen LogP contribution < -0.4 is 10.6 Å². The molecule has 0 radical (unpaired) electrons. The van der Waals surface area contributed by atoms with Gasteiger partial charge in [0.25, 0.3) is 0 Å². The Labute approximate surface area is 134 Å².